The SMILES string of the molecule is Cc1cc(Br)cc2c(C(=O)O)cc(C3(C)CC3)nc12. The monoisotopic (exact) mass is 319 g/mol. The third-order valence-corrected chi connectivity index (χ3v) is 4.38. The number of pyridine rings is 1. The van der Waals surface area contributed by atoms with Crippen LogP contribution in [0.3, 0.4) is 0 Å². The zero-order valence-corrected chi connectivity index (χ0v) is 12.4. The highest BCUT2D eigenvalue weighted by Gasteiger charge is 2.41. The molecule has 0 spiro atoms. The second-order valence-corrected chi connectivity index (χ2v) is 6.46. The number of hydrogen-bond acceptors (Lipinski definition) is 2. The molecule has 1 heterocycles. The maximum Gasteiger partial charge on any atom is 0.336 e. The second-order valence-electron chi connectivity index (χ2n) is 5.54. The first-order valence-electron chi connectivity index (χ1n) is 6.25. The number of aromatic carboxylic acids is 1. The second kappa shape index (κ2) is 4.04. The molecule has 1 saturated carbocycles. The first-order chi connectivity index (χ1) is 8.90. The first kappa shape index (κ1) is 12.6. The molecule has 1 N–H and O–H groups in total. The van der Waals surface area contributed by atoms with E-state index in [1.807, 2.05) is 19.1 Å². The van der Waals surface area contributed by atoms with E-state index in [-0.39, 0.29) is 5.41 Å². The van der Waals surface area contributed by atoms with Crippen LogP contribution in [-0.2, 0) is 5.41 Å². The minimum absolute atomic E-state index is 0.0674. The fourth-order valence-electron chi connectivity index (χ4n) is 2.39. The molecule has 0 atom stereocenters. The number of rotatable bonds is 2. The van der Waals surface area contributed by atoms with Crippen LogP contribution in [0.25, 0.3) is 10.9 Å². The quantitative estimate of drug-likeness (QED) is 0.908. The highest BCUT2D eigenvalue weighted by molar-refractivity contribution is 9.10. The Bertz CT molecular complexity index is 705. The summed E-state index contributed by atoms with van der Waals surface area (Å²) < 4.78 is 0.882. The smallest absolute Gasteiger partial charge is 0.336 e. The highest BCUT2D eigenvalue weighted by atomic mass is 79.9. The molecule has 3 rings (SSSR count). The van der Waals surface area contributed by atoms with E-state index in [1.54, 1.807) is 6.07 Å². The van der Waals surface area contributed by atoms with Gasteiger partial charge in [0.25, 0.3) is 0 Å². The first-order valence-corrected chi connectivity index (χ1v) is 7.05. The summed E-state index contributed by atoms with van der Waals surface area (Å²) in [5.74, 6) is -0.893. The lowest BCUT2D eigenvalue weighted by atomic mass is 9.98. The number of carbonyl (C=O) groups is 1. The number of fused-ring (bicyclic) bond motifs is 1. The summed E-state index contributed by atoms with van der Waals surface area (Å²) in [5, 5.41) is 10.1. The van der Waals surface area contributed by atoms with Crippen molar-refractivity contribution in [1.29, 1.82) is 0 Å². The Morgan fingerprint density at radius 3 is 2.63 bits per heavy atom. The highest BCUT2D eigenvalue weighted by Crippen LogP contribution is 2.47. The van der Waals surface area contributed by atoms with Gasteiger partial charge in [0, 0.05) is 21.0 Å². The van der Waals surface area contributed by atoms with Crippen LogP contribution < -0.4 is 0 Å². The van der Waals surface area contributed by atoms with Crippen molar-refractivity contribution in [3.8, 4) is 0 Å². The molecule has 98 valence electrons. The summed E-state index contributed by atoms with van der Waals surface area (Å²) >= 11 is 3.42. The maximum absolute atomic E-state index is 11.5. The molecule has 4 heteroatoms. The van der Waals surface area contributed by atoms with Crippen molar-refractivity contribution in [3.63, 3.8) is 0 Å². The van der Waals surface area contributed by atoms with Gasteiger partial charge in [-0.25, -0.2) is 4.79 Å². The molecule has 0 amide bonds. The van der Waals surface area contributed by atoms with E-state index in [1.165, 1.54) is 0 Å². The van der Waals surface area contributed by atoms with Gasteiger partial charge in [-0.1, -0.05) is 22.9 Å². The summed E-state index contributed by atoms with van der Waals surface area (Å²) in [6.07, 6.45) is 2.17. The van der Waals surface area contributed by atoms with Crippen LogP contribution in [0, 0.1) is 6.92 Å². The normalized spacial score (nSPS) is 16.6. The fourth-order valence-corrected chi connectivity index (χ4v) is 2.96. The number of aromatic nitrogens is 1. The van der Waals surface area contributed by atoms with Gasteiger partial charge in [-0.05, 0) is 43.5 Å². The lowest BCUT2D eigenvalue weighted by Gasteiger charge is -2.13. The number of benzene rings is 1. The Kier molecular flexibility index (Phi) is 2.68. The minimum Gasteiger partial charge on any atom is -0.478 e. The number of carboxylic acid groups (broad SMARTS) is 1. The van der Waals surface area contributed by atoms with Gasteiger partial charge in [-0.2, -0.15) is 0 Å². The number of carboxylic acids is 1. The molecule has 0 bridgehead atoms. The lowest BCUT2D eigenvalue weighted by Crippen LogP contribution is -2.08. The Balaban J connectivity index is 2.38. The van der Waals surface area contributed by atoms with Crippen molar-refractivity contribution in [2.24, 2.45) is 0 Å². The molecule has 1 aromatic heterocycles. The molecule has 1 fully saturated rings. The zero-order valence-electron chi connectivity index (χ0n) is 10.8. The van der Waals surface area contributed by atoms with Crippen LogP contribution >= 0.6 is 15.9 Å². The predicted molar refractivity (Wildman–Crippen MR) is 77.7 cm³/mol. The van der Waals surface area contributed by atoms with Gasteiger partial charge in [0.2, 0.25) is 0 Å². The maximum atomic E-state index is 11.5. The Morgan fingerprint density at radius 1 is 1.37 bits per heavy atom. The molecular weight excluding hydrogens is 306 g/mol. The minimum atomic E-state index is -0.893. The average Bonchev–Trinajstić information content (AvgIpc) is 3.07. The molecule has 0 aliphatic heterocycles. The van der Waals surface area contributed by atoms with Crippen LogP contribution in [0.1, 0.15) is 41.4 Å². The van der Waals surface area contributed by atoms with E-state index >= 15 is 0 Å². The Hall–Kier alpha value is -1.42. The Morgan fingerprint density at radius 2 is 2.05 bits per heavy atom. The number of hydrogen-bond donors (Lipinski definition) is 1. The summed E-state index contributed by atoms with van der Waals surface area (Å²) in [6.45, 7) is 4.10. The molecule has 0 radical (unpaired) electrons. The third kappa shape index (κ3) is 2.04. The van der Waals surface area contributed by atoms with Crippen molar-refractivity contribution < 1.29 is 9.90 Å². The molecule has 19 heavy (non-hydrogen) atoms. The molecule has 1 aromatic carbocycles. The number of halogens is 1. The molecule has 1 aliphatic rings. The summed E-state index contributed by atoms with van der Waals surface area (Å²) in [4.78, 5) is 16.2. The van der Waals surface area contributed by atoms with Crippen molar-refractivity contribution in [2.45, 2.75) is 32.1 Å². The van der Waals surface area contributed by atoms with E-state index in [2.05, 4.69) is 22.9 Å². The topological polar surface area (TPSA) is 50.2 Å². The van der Waals surface area contributed by atoms with Crippen LogP contribution in [0.4, 0.5) is 0 Å². The van der Waals surface area contributed by atoms with Crippen LogP contribution in [-0.4, -0.2) is 16.1 Å². The van der Waals surface area contributed by atoms with E-state index in [9.17, 15) is 9.90 Å². The van der Waals surface area contributed by atoms with Crippen LogP contribution in [0.5, 0.6) is 0 Å². The molecule has 0 saturated heterocycles. The van der Waals surface area contributed by atoms with Crippen molar-refractivity contribution >= 4 is 32.8 Å². The van der Waals surface area contributed by atoms with Gasteiger partial charge >= 0.3 is 5.97 Å². The van der Waals surface area contributed by atoms with Gasteiger partial charge in [0.1, 0.15) is 0 Å². The molecule has 1 aliphatic carbocycles. The van der Waals surface area contributed by atoms with Gasteiger partial charge in [0.15, 0.2) is 0 Å². The third-order valence-electron chi connectivity index (χ3n) is 3.92. The van der Waals surface area contributed by atoms with Crippen molar-refractivity contribution in [1.82, 2.24) is 4.98 Å². The molecular formula is C15H14BrNO2. The lowest BCUT2D eigenvalue weighted by molar-refractivity contribution is 0.0699. The Labute approximate surface area is 119 Å². The van der Waals surface area contributed by atoms with E-state index in [0.717, 1.165) is 34.1 Å². The van der Waals surface area contributed by atoms with Gasteiger partial charge in [-0.3, -0.25) is 4.98 Å². The summed E-state index contributed by atoms with van der Waals surface area (Å²) in [6, 6.07) is 5.54. The largest absolute Gasteiger partial charge is 0.478 e. The summed E-state index contributed by atoms with van der Waals surface area (Å²) in [5.41, 5.74) is 3.11. The molecule has 2 aromatic rings. The van der Waals surface area contributed by atoms with Gasteiger partial charge < -0.3 is 5.11 Å². The standard InChI is InChI=1S/C15H14BrNO2/c1-8-5-9(16)6-10-11(14(18)19)7-12(17-13(8)10)15(2)3-4-15/h5-7H,3-4H2,1-2H3,(H,18,19). The fraction of sp³-hybridized carbons (Fsp3) is 0.333. The summed E-state index contributed by atoms with van der Waals surface area (Å²) in [7, 11) is 0. The zero-order chi connectivity index (χ0) is 13.8. The van der Waals surface area contributed by atoms with Crippen molar-refractivity contribution in [2.75, 3.05) is 0 Å². The predicted octanol–water partition coefficient (Wildman–Crippen LogP) is 4.06. The van der Waals surface area contributed by atoms with Crippen LogP contribution in [0.15, 0.2) is 22.7 Å². The molecule has 0 unspecified atom stereocenters. The van der Waals surface area contributed by atoms with E-state index in [4.69, 9.17) is 4.98 Å². The van der Waals surface area contributed by atoms with Gasteiger partial charge in [-0.15, -0.1) is 0 Å². The number of aryl methyl sites for hydroxylation is 1. The molecule has 3 nitrogen and oxygen atoms in total. The average molecular weight is 320 g/mol. The van der Waals surface area contributed by atoms with E-state index in [0.29, 0.717) is 10.9 Å². The van der Waals surface area contributed by atoms with Gasteiger partial charge in [0.05, 0.1) is 11.1 Å². The van der Waals surface area contributed by atoms with Crippen molar-refractivity contribution in [3.05, 3.63) is 39.5 Å². The number of nitrogens with zero attached hydrogens (tertiary/aromatic N) is 1. The van der Waals surface area contributed by atoms with E-state index < -0.39 is 5.97 Å². The van der Waals surface area contributed by atoms with Crippen LogP contribution in [0.2, 0.25) is 0 Å².